The Bertz CT molecular complexity index is 174. The largest absolute Gasteiger partial charge is 0.197 e. The Labute approximate surface area is 63.4 Å². The van der Waals surface area contributed by atoms with Crippen LogP contribution in [0.2, 0.25) is 0 Å². The Hall–Kier alpha value is -0.770. The third-order valence-electron chi connectivity index (χ3n) is 2.27. The maximum absolute atomic E-state index is 8.82. The number of nitrogens with zero attached hydrogens (tertiary/aromatic N) is 1. The molecule has 0 aliphatic carbocycles. The predicted octanol–water partition coefficient (Wildman–Crippen LogP) is 2.75. The van der Waals surface area contributed by atoms with Crippen LogP contribution < -0.4 is 0 Å². The van der Waals surface area contributed by atoms with E-state index in [0.717, 1.165) is 5.57 Å². The summed E-state index contributed by atoms with van der Waals surface area (Å²) in [4.78, 5) is 0. The van der Waals surface area contributed by atoms with Gasteiger partial charge in [-0.25, -0.2) is 0 Å². The van der Waals surface area contributed by atoms with Crippen molar-refractivity contribution in [1.29, 1.82) is 5.26 Å². The van der Waals surface area contributed by atoms with Gasteiger partial charge >= 0.3 is 0 Å². The lowest BCUT2D eigenvalue weighted by atomic mass is 9.75. The summed E-state index contributed by atoms with van der Waals surface area (Å²) in [6.07, 6.45) is 0. The van der Waals surface area contributed by atoms with Crippen LogP contribution in [0.25, 0.3) is 0 Å². The van der Waals surface area contributed by atoms with Gasteiger partial charge in [-0.2, -0.15) is 5.26 Å². The molecule has 0 aromatic carbocycles. The molecule has 10 heavy (non-hydrogen) atoms. The van der Waals surface area contributed by atoms with Crippen LogP contribution in [0.3, 0.4) is 0 Å². The van der Waals surface area contributed by atoms with Crippen LogP contribution >= 0.6 is 0 Å². The summed E-state index contributed by atoms with van der Waals surface area (Å²) in [5, 5.41) is 8.82. The Morgan fingerprint density at radius 1 is 1.60 bits per heavy atom. The van der Waals surface area contributed by atoms with E-state index in [1.807, 2.05) is 27.7 Å². The summed E-state index contributed by atoms with van der Waals surface area (Å²) in [5.74, 6) is 0.343. The van der Waals surface area contributed by atoms with Crippen LogP contribution in [-0.2, 0) is 0 Å². The molecule has 0 heterocycles. The van der Waals surface area contributed by atoms with Gasteiger partial charge in [-0.3, -0.25) is 0 Å². The lowest BCUT2D eigenvalue weighted by Crippen LogP contribution is -2.21. The summed E-state index contributed by atoms with van der Waals surface area (Å²) in [6.45, 7) is 11.7. The average Bonchev–Trinajstić information content (AvgIpc) is 1.85. The normalized spacial score (nSPS) is 16.0. The molecular formula is C9H15N. The van der Waals surface area contributed by atoms with Crippen molar-refractivity contribution >= 4 is 0 Å². The molecule has 1 unspecified atom stereocenters. The molecule has 1 atom stereocenters. The van der Waals surface area contributed by atoms with Crippen molar-refractivity contribution in [2.24, 2.45) is 11.3 Å². The maximum Gasteiger partial charge on any atom is 0.0772 e. The van der Waals surface area contributed by atoms with E-state index in [-0.39, 0.29) is 5.41 Å². The SMILES string of the molecule is C=C(C)C(C)(C#N)C(C)C. The van der Waals surface area contributed by atoms with Gasteiger partial charge in [0.25, 0.3) is 0 Å². The second-order valence-corrected chi connectivity index (χ2v) is 3.25. The predicted molar refractivity (Wildman–Crippen MR) is 43.4 cm³/mol. The first-order valence-corrected chi connectivity index (χ1v) is 3.52. The van der Waals surface area contributed by atoms with Crippen molar-refractivity contribution in [3.05, 3.63) is 12.2 Å². The van der Waals surface area contributed by atoms with E-state index in [2.05, 4.69) is 12.6 Å². The van der Waals surface area contributed by atoms with Gasteiger partial charge in [0.2, 0.25) is 0 Å². The van der Waals surface area contributed by atoms with Crippen LogP contribution in [0.15, 0.2) is 12.2 Å². The Kier molecular flexibility index (Phi) is 2.65. The highest BCUT2D eigenvalue weighted by atomic mass is 14.4. The lowest BCUT2D eigenvalue weighted by molar-refractivity contribution is 0.372. The molecule has 0 bridgehead atoms. The highest BCUT2D eigenvalue weighted by molar-refractivity contribution is 5.18. The first kappa shape index (κ1) is 9.23. The van der Waals surface area contributed by atoms with E-state index in [1.54, 1.807) is 0 Å². The third-order valence-corrected chi connectivity index (χ3v) is 2.27. The Morgan fingerprint density at radius 2 is 2.00 bits per heavy atom. The van der Waals surface area contributed by atoms with E-state index in [4.69, 9.17) is 5.26 Å². The molecule has 1 heteroatoms. The van der Waals surface area contributed by atoms with Crippen LogP contribution in [0.5, 0.6) is 0 Å². The lowest BCUT2D eigenvalue weighted by Gasteiger charge is -2.25. The molecule has 0 aromatic rings. The second-order valence-electron chi connectivity index (χ2n) is 3.25. The maximum atomic E-state index is 8.82. The molecule has 0 N–H and O–H groups in total. The number of rotatable bonds is 2. The first-order valence-electron chi connectivity index (χ1n) is 3.52. The van der Waals surface area contributed by atoms with Gasteiger partial charge in [-0.1, -0.05) is 26.0 Å². The van der Waals surface area contributed by atoms with Gasteiger partial charge < -0.3 is 0 Å². The standard InChI is InChI=1S/C9H15N/c1-7(2)9(5,6-10)8(3)4/h8H,1H2,2-5H3. The Morgan fingerprint density at radius 3 is 2.00 bits per heavy atom. The van der Waals surface area contributed by atoms with Crippen molar-refractivity contribution in [3.8, 4) is 6.07 Å². The summed E-state index contributed by atoms with van der Waals surface area (Å²) in [7, 11) is 0. The number of allylic oxidation sites excluding steroid dienone is 1. The fraction of sp³-hybridized carbons (Fsp3) is 0.667. The topological polar surface area (TPSA) is 23.8 Å². The van der Waals surface area contributed by atoms with E-state index in [9.17, 15) is 0 Å². The molecule has 0 fully saturated rings. The van der Waals surface area contributed by atoms with Crippen LogP contribution in [0.1, 0.15) is 27.7 Å². The van der Waals surface area contributed by atoms with Gasteiger partial charge in [0.1, 0.15) is 0 Å². The highest BCUT2D eigenvalue weighted by Gasteiger charge is 2.28. The molecule has 0 amide bonds. The molecule has 0 spiro atoms. The Balaban J connectivity index is 4.60. The van der Waals surface area contributed by atoms with E-state index in [0.29, 0.717) is 5.92 Å². The molecule has 0 aliphatic heterocycles. The van der Waals surface area contributed by atoms with E-state index in [1.165, 1.54) is 0 Å². The van der Waals surface area contributed by atoms with Crippen molar-refractivity contribution in [2.45, 2.75) is 27.7 Å². The second kappa shape index (κ2) is 2.88. The zero-order valence-electron chi connectivity index (χ0n) is 7.23. The zero-order valence-corrected chi connectivity index (χ0v) is 7.23. The van der Waals surface area contributed by atoms with E-state index < -0.39 is 0 Å². The molecule has 0 aliphatic rings. The van der Waals surface area contributed by atoms with Crippen molar-refractivity contribution < 1.29 is 0 Å². The van der Waals surface area contributed by atoms with Crippen LogP contribution in [0, 0.1) is 22.7 Å². The number of hydrogen-bond donors (Lipinski definition) is 0. The first-order chi connectivity index (χ1) is 4.45. The fourth-order valence-corrected chi connectivity index (χ4v) is 0.717. The van der Waals surface area contributed by atoms with Crippen molar-refractivity contribution in [1.82, 2.24) is 0 Å². The third kappa shape index (κ3) is 1.39. The zero-order chi connectivity index (χ0) is 8.36. The quantitative estimate of drug-likeness (QED) is 0.537. The van der Waals surface area contributed by atoms with Crippen LogP contribution in [-0.4, -0.2) is 0 Å². The highest BCUT2D eigenvalue weighted by Crippen LogP contribution is 2.32. The fourth-order valence-electron chi connectivity index (χ4n) is 0.717. The van der Waals surface area contributed by atoms with E-state index >= 15 is 0 Å². The van der Waals surface area contributed by atoms with Gasteiger partial charge in [0, 0.05) is 0 Å². The number of nitriles is 1. The van der Waals surface area contributed by atoms with Crippen molar-refractivity contribution in [3.63, 3.8) is 0 Å². The number of hydrogen-bond acceptors (Lipinski definition) is 1. The molecule has 0 radical (unpaired) electrons. The van der Waals surface area contributed by atoms with Gasteiger partial charge in [0.15, 0.2) is 0 Å². The minimum atomic E-state index is -0.347. The minimum absolute atomic E-state index is 0.343. The smallest absolute Gasteiger partial charge is 0.0772 e. The molecule has 0 saturated carbocycles. The van der Waals surface area contributed by atoms with Crippen molar-refractivity contribution in [2.75, 3.05) is 0 Å². The summed E-state index contributed by atoms with van der Waals surface area (Å²) >= 11 is 0. The van der Waals surface area contributed by atoms with Gasteiger partial charge in [-0.05, 0) is 19.8 Å². The monoisotopic (exact) mass is 137 g/mol. The molecule has 0 saturated heterocycles. The summed E-state index contributed by atoms with van der Waals surface area (Å²) in [6, 6.07) is 2.28. The molecule has 1 nitrogen and oxygen atoms in total. The molecule has 0 rings (SSSR count). The molecule has 0 aromatic heterocycles. The minimum Gasteiger partial charge on any atom is -0.197 e. The molecule has 56 valence electrons. The van der Waals surface area contributed by atoms with Gasteiger partial charge in [0.05, 0.1) is 11.5 Å². The summed E-state index contributed by atoms with van der Waals surface area (Å²) in [5.41, 5.74) is 0.602. The van der Waals surface area contributed by atoms with Crippen LogP contribution in [0.4, 0.5) is 0 Å². The molecular weight excluding hydrogens is 122 g/mol. The summed E-state index contributed by atoms with van der Waals surface area (Å²) < 4.78 is 0. The average molecular weight is 137 g/mol. The van der Waals surface area contributed by atoms with Gasteiger partial charge in [-0.15, -0.1) is 0 Å².